The third kappa shape index (κ3) is 3.69. The number of rotatable bonds is 5. The van der Waals surface area contributed by atoms with Crippen molar-refractivity contribution in [1.29, 1.82) is 0 Å². The van der Waals surface area contributed by atoms with E-state index in [9.17, 15) is 9.59 Å². The Morgan fingerprint density at radius 1 is 1.04 bits per heavy atom. The molecule has 1 N–H and O–H groups in total. The summed E-state index contributed by atoms with van der Waals surface area (Å²) in [5, 5.41) is 7.83. The van der Waals surface area contributed by atoms with E-state index in [0.717, 1.165) is 30.0 Å². The van der Waals surface area contributed by atoms with Gasteiger partial charge in [0.2, 0.25) is 11.3 Å². The summed E-state index contributed by atoms with van der Waals surface area (Å²) >= 11 is 0. The van der Waals surface area contributed by atoms with Crippen molar-refractivity contribution < 1.29 is 4.79 Å². The lowest BCUT2D eigenvalue weighted by Crippen LogP contribution is -2.22. The van der Waals surface area contributed by atoms with Crippen molar-refractivity contribution in [3.05, 3.63) is 65.0 Å². The van der Waals surface area contributed by atoms with Crippen LogP contribution in [0.3, 0.4) is 0 Å². The van der Waals surface area contributed by atoms with Crippen LogP contribution in [0, 0.1) is 0 Å². The van der Waals surface area contributed by atoms with Gasteiger partial charge in [0.25, 0.3) is 0 Å². The lowest BCUT2D eigenvalue weighted by molar-refractivity contribution is -0.116. The predicted molar refractivity (Wildman–Crippen MR) is 107 cm³/mol. The normalized spacial score (nSPS) is 13.9. The second-order valence-electron chi connectivity index (χ2n) is 6.76. The Kier molecular flexibility index (Phi) is 4.87. The molecule has 1 aliphatic rings. The Labute approximate surface area is 157 Å². The molecule has 0 radical (unpaired) electrons. The van der Waals surface area contributed by atoms with Crippen LogP contribution in [0.25, 0.3) is 10.9 Å². The number of carbonyl (C=O) groups is 1. The predicted octanol–water partition coefficient (Wildman–Crippen LogP) is 3.03. The number of para-hydroxylation sites is 3. The van der Waals surface area contributed by atoms with Gasteiger partial charge in [0.05, 0.1) is 29.6 Å². The Bertz CT molecular complexity index is 1020. The number of aryl methyl sites for hydroxylation is 1. The highest BCUT2D eigenvalue weighted by molar-refractivity contribution is 5.94. The Morgan fingerprint density at radius 3 is 2.63 bits per heavy atom. The fraction of sp³-hybridized carbons (Fsp3) is 0.286. The summed E-state index contributed by atoms with van der Waals surface area (Å²) in [5.41, 5.74) is 2.57. The standard InChI is InChI=1S/C21H22N4O2/c26-20-15-22-25(18-9-3-1-7-16(18)20)14-11-21(27)23-17-8-2-4-10-19(17)24-12-5-6-13-24/h1-4,7-10,15H,5-6,11-14H2,(H,23,27). The first kappa shape index (κ1) is 17.3. The highest BCUT2D eigenvalue weighted by Crippen LogP contribution is 2.28. The average molecular weight is 362 g/mol. The van der Waals surface area contributed by atoms with Crippen molar-refractivity contribution in [2.45, 2.75) is 25.8 Å². The van der Waals surface area contributed by atoms with Crippen LogP contribution in [0.1, 0.15) is 19.3 Å². The minimum absolute atomic E-state index is 0.0637. The minimum Gasteiger partial charge on any atom is -0.370 e. The molecule has 0 atom stereocenters. The third-order valence-electron chi connectivity index (χ3n) is 4.94. The fourth-order valence-electron chi connectivity index (χ4n) is 3.57. The van der Waals surface area contributed by atoms with Gasteiger partial charge in [-0.25, -0.2) is 0 Å². The van der Waals surface area contributed by atoms with Crippen LogP contribution in [-0.2, 0) is 11.3 Å². The molecule has 1 amide bonds. The van der Waals surface area contributed by atoms with Gasteiger partial charge in [0, 0.05) is 24.9 Å². The number of aromatic nitrogens is 2. The molecular weight excluding hydrogens is 340 g/mol. The molecule has 1 saturated heterocycles. The molecule has 1 fully saturated rings. The first-order valence-corrected chi connectivity index (χ1v) is 9.31. The second kappa shape index (κ2) is 7.61. The van der Waals surface area contributed by atoms with Crippen molar-refractivity contribution in [1.82, 2.24) is 9.78 Å². The van der Waals surface area contributed by atoms with Gasteiger partial charge in [0.15, 0.2) is 0 Å². The number of hydrogen-bond acceptors (Lipinski definition) is 4. The molecule has 6 nitrogen and oxygen atoms in total. The zero-order valence-electron chi connectivity index (χ0n) is 15.1. The summed E-state index contributed by atoms with van der Waals surface area (Å²) in [6.07, 6.45) is 3.97. The first-order chi connectivity index (χ1) is 13.2. The zero-order chi connectivity index (χ0) is 18.6. The van der Waals surface area contributed by atoms with E-state index in [1.165, 1.54) is 19.0 Å². The molecule has 0 saturated carbocycles. The number of nitrogens with one attached hydrogen (secondary N) is 1. The largest absolute Gasteiger partial charge is 0.370 e. The van der Waals surface area contributed by atoms with E-state index in [2.05, 4.69) is 21.4 Å². The van der Waals surface area contributed by atoms with Gasteiger partial charge in [-0.2, -0.15) is 5.10 Å². The number of carbonyl (C=O) groups excluding carboxylic acids is 1. The molecule has 1 aromatic heterocycles. The quantitative estimate of drug-likeness (QED) is 0.758. The smallest absolute Gasteiger partial charge is 0.226 e. The van der Waals surface area contributed by atoms with Crippen molar-refractivity contribution in [2.24, 2.45) is 0 Å². The lowest BCUT2D eigenvalue weighted by Gasteiger charge is -2.21. The Morgan fingerprint density at radius 2 is 1.78 bits per heavy atom. The van der Waals surface area contributed by atoms with Gasteiger partial charge in [-0.15, -0.1) is 0 Å². The van der Waals surface area contributed by atoms with E-state index < -0.39 is 0 Å². The van der Waals surface area contributed by atoms with Crippen LogP contribution in [0.5, 0.6) is 0 Å². The second-order valence-corrected chi connectivity index (χ2v) is 6.76. The van der Waals surface area contributed by atoms with Gasteiger partial charge in [-0.05, 0) is 37.1 Å². The van der Waals surface area contributed by atoms with Crippen LogP contribution in [-0.4, -0.2) is 28.8 Å². The molecule has 138 valence electrons. The monoisotopic (exact) mass is 362 g/mol. The summed E-state index contributed by atoms with van der Waals surface area (Å²) in [7, 11) is 0. The average Bonchev–Trinajstić information content (AvgIpc) is 3.23. The van der Waals surface area contributed by atoms with E-state index in [-0.39, 0.29) is 17.8 Å². The maximum Gasteiger partial charge on any atom is 0.226 e. The molecule has 2 aromatic carbocycles. The van der Waals surface area contributed by atoms with Gasteiger partial charge in [0.1, 0.15) is 0 Å². The summed E-state index contributed by atoms with van der Waals surface area (Å²) in [6.45, 7) is 2.47. The minimum atomic E-state index is -0.106. The third-order valence-corrected chi connectivity index (χ3v) is 4.94. The summed E-state index contributed by atoms with van der Waals surface area (Å²) < 4.78 is 1.71. The van der Waals surface area contributed by atoms with Gasteiger partial charge < -0.3 is 10.2 Å². The molecule has 0 bridgehead atoms. The number of hydrogen-bond donors (Lipinski definition) is 1. The van der Waals surface area contributed by atoms with Crippen LogP contribution in [0.15, 0.2) is 59.5 Å². The van der Waals surface area contributed by atoms with Crippen molar-refractivity contribution in [2.75, 3.05) is 23.3 Å². The number of benzene rings is 2. The molecule has 6 heteroatoms. The van der Waals surface area contributed by atoms with E-state index in [0.29, 0.717) is 11.9 Å². The molecule has 4 rings (SSSR count). The Balaban J connectivity index is 1.47. The molecule has 0 aliphatic carbocycles. The zero-order valence-corrected chi connectivity index (χ0v) is 15.1. The highest BCUT2D eigenvalue weighted by Gasteiger charge is 2.16. The number of nitrogens with zero attached hydrogens (tertiary/aromatic N) is 3. The number of anilines is 2. The summed E-state index contributed by atoms with van der Waals surface area (Å²) in [4.78, 5) is 26.7. The maximum atomic E-state index is 12.5. The number of fused-ring (bicyclic) bond motifs is 1. The van der Waals surface area contributed by atoms with E-state index in [4.69, 9.17) is 0 Å². The summed E-state index contributed by atoms with van der Waals surface area (Å²) in [5.74, 6) is -0.0637. The van der Waals surface area contributed by atoms with Gasteiger partial charge in [-0.1, -0.05) is 24.3 Å². The molecule has 3 aromatic rings. The fourth-order valence-corrected chi connectivity index (χ4v) is 3.57. The van der Waals surface area contributed by atoms with Crippen LogP contribution < -0.4 is 15.6 Å². The van der Waals surface area contributed by atoms with Crippen LogP contribution in [0.2, 0.25) is 0 Å². The molecule has 2 heterocycles. The van der Waals surface area contributed by atoms with Gasteiger partial charge >= 0.3 is 0 Å². The highest BCUT2D eigenvalue weighted by atomic mass is 16.1. The molecule has 1 aliphatic heterocycles. The number of amides is 1. The lowest BCUT2D eigenvalue weighted by atomic mass is 10.2. The van der Waals surface area contributed by atoms with Crippen molar-refractivity contribution in [3.63, 3.8) is 0 Å². The molecule has 0 spiro atoms. The van der Waals surface area contributed by atoms with Crippen LogP contribution >= 0.6 is 0 Å². The SMILES string of the molecule is O=C(CCn1ncc(=O)c2ccccc21)Nc1ccccc1N1CCCC1. The maximum absolute atomic E-state index is 12.5. The van der Waals surface area contributed by atoms with Crippen molar-refractivity contribution >= 4 is 28.2 Å². The van der Waals surface area contributed by atoms with E-state index in [1.807, 2.05) is 36.4 Å². The Hall–Kier alpha value is -3.15. The van der Waals surface area contributed by atoms with E-state index in [1.54, 1.807) is 10.7 Å². The van der Waals surface area contributed by atoms with E-state index >= 15 is 0 Å². The van der Waals surface area contributed by atoms with Crippen LogP contribution in [0.4, 0.5) is 11.4 Å². The topological polar surface area (TPSA) is 67.2 Å². The molecule has 27 heavy (non-hydrogen) atoms. The van der Waals surface area contributed by atoms with Gasteiger partial charge in [-0.3, -0.25) is 14.3 Å². The summed E-state index contributed by atoms with van der Waals surface area (Å²) in [6, 6.07) is 15.3. The van der Waals surface area contributed by atoms with Crippen molar-refractivity contribution in [3.8, 4) is 0 Å². The molecule has 0 unspecified atom stereocenters. The first-order valence-electron chi connectivity index (χ1n) is 9.31. The molecular formula is C21H22N4O2.